The molecule has 0 saturated carbocycles. The van der Waals surface area contributed by atoms with Gasteiger partial charge in [0.15, 0.2) is 0 Å². The molecular formula is C17H20N4O2. The van der Waals surface area contributed by atoms with Crippen molar-refractivity contribution in [3.63, 3.8) is 0 Å². The van der Waals surface area contributed by atoms with Crippen molar-refractivity contribution in [3.8, 4) is 0 Å². The van der Waals surface area contributed by atoms with Gasteiger partial charge in [0.25, 0.3) is 5.91 Å². The molecule has 1 fully saturated rings. The van der Waals surface area contributed by atoms with Crippen LogP contribution in [0.3, 0.4) is 0 Å². The molecule has 1 aromatic carbocycles. The lowest BCUT2D eigenvalue weighted by Gasteiger charge is -2.26. The van der Waals surface area contributed by atoms with E-state index >= 15 is 0 Å². The number of hydrogen-bond acceptors (Lipinski definition) is 5. The second-order valence-corrected chi connectivity index (χ2v) is 5.35. The fourth-order valence-electron chi connectivity index (χ4n) is 2.44. The van der Waals surface area contributed by atoms with Gasteiger partial charge in [0.2, 0.25) is 0 Å². The van der Waals surface area contributed by atoms with Gasteiger partial charge in [-0.1, -0.05) is 30.3 Å². The maximum Gasteiger partial charge on any atom is 0.274 e. The van der Waals surface area contributed by atoms with Gasteiger partial charge < -0.3 is 15.0 Å². The van der Waals surface area contributed by atoms with E-state index in [2.05, 4.69) is 27.4 Å². The summed E-state index contributed by atoms with van der Waals surface area (Å²) in [5.41, 5.74) is 1.65. The molecule has 23 heavy (non-hydrogen) atoms. The Labute approximate surface area is 135 Å². The fraction of sp³-hybridized carbons (Fsp3) is 0.353. The lowest BCUT2D eigenvalue weighted by molar-refractivity contribution is 0.0298. The van der Waals surface area contributed by atoms with E-state index in [0.29, 0.717) is 37.8 Å². The maximum atomic E-state index is 12.3. The Morgan fingerprint density at radius 1 is 1.13 bits per heavy atom. The summed E-state index contributed by atoms with van der Waals surface area (Å²) >= 11 is 0. The maximum absolute atomic E-state index is 12.3. The summed E-state index contributed by atoms with van der Waals surface area (Å²) in [5, 5.41) is 3.22. The third-order valence-electron chi connectivity index (χ3n) is 3.73. The zero-order chi connectivity index (χ0) is 15.9. The number of amides is 1. The fourth-order valence-corrected chi connectivity index (χ4v) is 2.44. The number of ether oxygens (including phenoxy) is 1. The van der Waals surface area contributed by atoms with E-state index < -0.39 is 0 Å². The van der Waals surface area contributed by atoms with Crippen LogP contribution < -0.4 is 5.32 Å². The van der Waals surface area contributed by atoms with Crippen molar-refractivity contribution in [1.82, 2.24) is 14.9 Å². The van der Waals surface area contributed by atoms with Crippen LogP contribution in [0, 0.1) is 0 Å². The SMILES string of the molecule is O=C(c1cnc(NCCc2ccccc2)cn1)N1CCOCC1. The van der Waals surface area contributed by atoms with Gasteiger partial charge in [-0.25, -0.2) is 9.97 Å². The predicted molar refractivity (Wildman–Crippen MR) is 87.4 cm³/mol. The first kappa shape index (κ1) is 15.4. The lowest BCUT2D eigenvalue weighted by atomic mass is 10.1. The normalized spacial score (nSPS) is 14.5. The highest BCUT2D eigenvalue weighted by molar-refractivity contribution is 5.92. The molecule has 0 atom stereocenters. The van der Waals surface area contributed by atoms with E-state index in [1.165, 1.54) is 11.8 Å². The molecule has 0 spiro atoms. The highest BCUT2D eigenvalue weighted by atomic mass is 16.5. The highest BCUT2D eigenvalue weighted by Crippen LogP contribution is 2.07. The molecule has 6 nitrogen and oxygen atoms in total. The minimum Gasteiger partial charge on any atom is -0.378 e. The standard InChI is InChI=1S/C17H20N4O2/c22-17(21-8-10-23-11-9-21)15-12-20-16(13-19-15)18-7-6-14-4-2-1-3-5-14/h1-5,12-13H,6-11H2,(H,18,20). The minimum absolute atomic E-state index is 0.0864. The molecule has 6 heteroatoms. The van der Waals surface area contributed by atoms with Gasteiger partial charge in [0.05, 0.1) is 25.6 Å². The van der Waals surface area contributed by atoms with Crippen molar-refractivity contribution in [1.29, 1.82) is 0 Å². The van der Waals surface area contributed by atoms with Crippen molar-refractivity contribution >= 4 is 11.7 Å². The van der Waals surface area contributed by atoms with Gasteiger partial charge in [-0.05, 0) is 12.0 Å². The van der Waals surface area contributed by atoms with Gasteiger partial charge in [-0.15, -0.1) is 0 Å². The van der Waals surface area contributed by atoms with Gasteiger partial charge >= 0.3 is 0 Å². The Morgan fingerprint density at radius 2 is 1.91 bits per heavy atom. The molecule has 1 saturated heterocycles. The Kier molecular flexibility index (Phi) is 5.16. The molecule has 0 bridgehead atoms. The summed E-state index contributed by atoms with van der Waals surface area (Å²) in [5.74, 6) is 0.594. The number of benzene rings is 1. The van der Waals surface area contributed by atoms with Crippen LogP contribution in [0.4, 0.5) is 5.82 Å². The summed E-state index contributed by atoms with van der Waals surface area (Å²) in [6.45, 7) is 3.15. The van der Waals surface area contributed by atoms with Crippen LogP contribution >= 0.6 is 0 Å². The average Bonchev–Trinajstić information content (AvgIpc) is 2.63. The van der Waals surface area contributed by atoms with Crippen LogP contribution in [-0.4, -0.2) is 53.6 Å². The van der Waals surface area contributed by atoms with Crippen LogP contribution in [0.5, 0.6) is 0 Å². The van der Waals surface area contributed by atoms with E-state index in [1.54, 1.807) is 11.1 Å². The van der Waals surface area contributed by atoms with E-state index in [4.69, 9.17) is 4.74 Å². The smallest absolute Gasteiger partial charge is 0.274 e. The topological polar surface area (TPSA) is 67.4 Å². The molecule has 0 aliphatic carbocycles. The van der Waals surface area contributed by atoms with Crippen LogP contribution in [0.1, 0.15) is 16.1 Å². The number of rotatable bonds is 5. The Balaban J connectivity index is 1.51. The number of morpholine rings is 1. The summed E-state index contributed by atoms with van der Waals surface area (Å²) in [6, 6.07) is 10.3. The third-order valence-corrected chi connectivity index (χ3v) is 3.73. The Bertz CT molecular complexity index is 625. The van der Waals surface area contributed by atoms with Crippen molar-refractivity contribution in [2.45, 2.75) is 6.42 Å². The summed E-state index contributed by atoms with van der Waals surface area (Å²) in [4.78, 5) is 22.5. The third kappa shape index (κ3) is 4.26. The Morgan fingerprint density at radius 3 is 2.61 bits per heavy atom. The van der Waals surface area contributed by atoms with Crippen LogP contribution in [0.15, 0.2) is 42.7 Å². The van der Waals surface area contributed by atoms with Crippen molar-refractivity contribution in [2.75, 3.05) is 38.2 Å². The van der Waals surface area contributed by atoms with Gasteiger partial charge in [-0.3, -0.25) is 4.79 Å². The van der Waals surface area contributed by atoms with E-state index in [-0.39, 0.29) is 5.91 Å². The first-order chi connectivity index (χ1) is 11.3. The lowest BCUT2D eigenvalue weighted by Crippen LogP contribution is -2.41. The molecule has 1 aliphatic rings. The van der Waals surface area contributed by atoms with Crippen LogP contribution in [0.25, 0.3) is 0 Å². The van der Waals surface area contributed by atoms with Gasteiger partial charge in [0.1, 0.15) is 11.5 Å². The molecule has 2 aromatic rings. The predicted octanol–water partition coefficient (Wildman–Crippen LogP) is 1.60. The summed E-state index contributed by atoms with van der Waals surface area (Å²) in [7, 11) is 0. The highest BCUT2D eigenvalue weighted by Gasteiger charge is 2.19. The molecular weight excluding hydrogens is 292 g/mol. The summed E-state index contributed by atoms with van der Waals surface area (Å²) in [6.07, 6.45) is 4.05. The molecule has 1 aromatic heterocycles. The molecule has 1 amide bonds. The molecule has 0 unspecified atom stereocenters. The second-order valence-electron chi connectivity index (χ2n) is 5.35. The first-order valence-electron chi connectivity index (χ1n) is 7.80. The van der Waals surface area contributed by atoms with E-state index in [1.807, 2.05) is 18.2 Å². The van der Waals surface area contributed by atoms with E-state index in [0.717, 1.165) is 13.0 Å². The molecule has 3 rings (SSSR count). The van der Waals surface area contributed by atoms with Gasteiger partial charge in [0, 0.05) is 19.6 Å². The number of aromatic nitrogens is 2. The van der Waals surface area contributed by atoms with Crippen molar-refractivity contribution in [3.05, 3.63) is 54.0 Å². The molecule has 120 valence electrons. The number of carbonyl (C=O) groups is 1. The van der Waals surface area contributed by atoms with Crippen molar-refractivity contribution in [2.24, 2.45) is 0 Å². The zero-order valence-corrected chi connectivity index (χ0v) is 12.9. The number of nitrogens with one attached hydrogen (secondary N) is 1. The molecule has 1 aliphatic heterocycles. The minimum atomic E-state index is -0.0864. The number of carbonyl (C=O) groups excluding carboxylic acids is 1. The van der Waals surface area contributed by atoms with Crippen LogP contribution in [0.2, 0.25) is 0 Å². The quantitative estimate of drug-likeness (QED) is 0.908. The van der Waals surface area contributed by atoms with Crippen molar-refractivity contribution < 1.29 is 9.53 Å². The monoisotopic (exact) mass is 312 g/mol. The van der Waals surface area contributed by atoms with Gasteiger partial charge in [-0.2, -0.15) is 0 Å². The number of hydrogen-bond donors (Lipinski definition) is 1. The summed E-state index contributed by atoms with van der Waals surface area (Å²) < 4.78 is 5.25. The Hall–Kier alpha value is -2.47. The molecule has 2 heterocycles. The molecule has 1 N–H and O–H groups in total. The largest absolute Gasteiger partial charge is 0.378 e. The van der Waals surface area contributed by atoms with Crippen LogP contribution in [-0.2, 0) is 11.2 Å². The zero-order valence-electron chi connectivity index (χ0n) is 12.9. The molecule has 0 radical (unpaired) electrons. The average molecular weight is 312 g/mol. The first-order valence-corrected chi connectivity index (χ1v) is 7.80. The number of anilines is 1. The second kappa shape index (κ2) is 7.69. The van der Waals surface area contributed by atoms with E-state index in [9.17, 15) is 4.79 Å². The number of nitrogens with zero attached hydrogens (tertiary/aromatic N) is 3.